The highest BCUT2D eigenvalue weighted by atomic mass is 16.1. The maximum absolute atomic E-state index is 12.2. The fourth-order valence-corrected chi connectivity index (χ4v) is 2.39. The molecule has 1 aromatic carbocycles. The first kappa shape index (κ1) is 12.1. The summed E-state index contributed by atoms with van der Waals surface area (Å²) in [5.74, 6) is 1.22. The number of aryl methyl sites for hydroxylation is 1. The van der Waals surface area contributed by atoms with Crippen LogP contribution in [0.2, 0.25) is 0 Å². The molecule has 19 heavy (non-hydrogen) atoms. The molecule has 0 spiro atoms. The maximum Gasteiger partial charge on any atom is 0.176 e. The van der Waals surface area contributed by atoms with Gasteiger partial charge in [-0.05, 0) is 6.92 Å². The fourth-order valence-electron chi connectivity index (χ4n) is 2.39. The molecule has 1 aliphatic rings. The van der Waals surface area contributed by atoms with Crippen LogP contribution in [0.15, 0.2) is 36.7 Å². The van der Waals surface area contributed by atoms with E-state index in [1.165, 1.54) is 5.56 Å². The molecule has 0 fully saturated rings. The summed E-state index contributed by atoms with van der Waals surface area (Å²) in [5.41, 5.74) is 1.97. The molecular weight excluding hydrogens is 238 g/mol. The van der Waals surface area contributed by atoms with E-state index in [1.54, 1.807) is 0 Å². The largest absolute Gasteiger partial charge is 0.333 e. The Labute approximate surface area is 112 Å². The summed E-state index contributed by atoms with van der Waals surface area (Å²) >= 11 is 0. The maximum atomic E-state index is 12.2. The summed E-state index contributed by atoms with van der Waals surface area (Å²) in [6.45, 7) is 5.07. The van der Waals surface area contributed by atoms with Gasteiger partial charge in [-0.1, -0.05) is 29.8 Å². The normalized spacial score (nSPS) is 15.2. The van der Waals surface area contributed by atoms with E-state index in [9.17, 15) is 4.79 Å². The molecule has 1 aliphatic heterocycles. The van der Waals surface area contributed by atoms with Crippen LogP contribution in [-0.2, 0) is 13.1 Å². The Morgan fingerprint density at radius 1 is 1.26 bits per heavy atom. The molecule has 0 N–H and O–H groups in total. The summed E-state index contributed by atoms with van der Waals surface area (Å²) in [4.78, 5) is 18.7. The second-order valence-corrected chi connectivity index (χ2v) is 5.04. The first-order valence-electron chi connectivity index (χ1n) is 6.54. The third-order valence-electron chi connectivity index (χ3n) is 3.56. The molecule has 0 bridgehead atoms. The second kappa shape index (κ2) is 4.97. The zero-order valence-electron chi connectivity index (χ0n) is 11.0. The smallest absolute Gasteiger partial charge is 0.176 e. The predicted molar refractivity (Wildman–Crippen MR) is 73.0 cm³/mol. The first-order chi connectivity index (χ1) is 9.22. The number of aromatic nitrogens is 2. The van der Waals surface area contributed by atoms with Crippen molar-refractivity contribution in [3.8, 4) is 0 Å². The minimum atomic E-state index is 0.181. The molecular formula is C15H17N3O. The van der Waals surface area contributed by atoms with Crippen LogP contribution < -0.4 is 0 Å². The van der Waals surface area contributed by atoms with E-state index >= 15 is 0 Å². The highest BCUT2D eigenvalue weighted by Gasteiger charge is 2.19. The predicted octanol–water partition coefficient (Wildman–Crippen LogP) is 1.89. The number of fused-ring (bicyclic) bond motifs is 1. The van der Waals surface area contributed by atoms with Gasteiger partial charge in [0.25, 0.3) is 0 Å². The molecule has 0 amide bonds. The SMILES string of the molecule is Cc1ccc(C(=O)CN2CCn3ccnc3C2)cc1. The van der Waals surface area contributed by atoms with Crippen molar-refractivity contribution in [1.82, 2.24) is 14.5 Å². The molecule has 0 atom stereocenters. The van der Waals surface area contributed by atoms with Crippen LogP contribution in [0.4, 0.5) is 0 Å². The van der Waals surface area contributed by atoms with Crippen molar-refractivity contribution < 1.29 is 4.79 Å². The number of imidazole rings is 1. The summed E-state index contributed by atoms with van der Waals surface area (Å²) < 4.78 is 2.15. The Hall–Kier alpha value is -1.94. The van der Waals surface area contributed by atoms with Gasteiger partial charge in [-0.15, -0.1) is 0 Å². The van der Waals surface area contributed by atoms with Crippen molar-refractivity contribution in [3.63, 3.8) is 0 Å². The van der Waals surface area contributed by atoms with Gasteiger partial charge in [-0.25, -0.2) is 4.98 Å². The van der Waals surface area contributed by atoms with Gasteiger partial charge in [0.1, 0.15) is 5.82 Å². The quantitative estimate of drug-likeness (QED) is 0.786. The number of carbonyl (C=O) groups excluding carboxylic acids is 1. The van der Waals surface area contributed by atoms with E-state index in [4.69, 9.17) is 0 Å². The summed E-state index contributed by atoms with van der Waals surface area (Å²) in [6, 6.07) is 7.78. The van der Waals surface area contributed by atoms with Crippen molar-refractivity contribution in [1.29, 1.82) is 0 Å². The Bertz CT molecular complexity index is 586. The second-order valence-electron chi connectivity index (χ2n) is 5.04. The van der Waals surface area contributed by atoms with Crippen LogP contribution in [0, 0.1) is 6.92 Å². The summed E-state index contributed by atoms with van der Waals surface area (Å²) in [6.07, 6.45) is 3.81. The van der Waals surface area contributed by atoms with Crippen LogP contribution in [0.3, 0.4) is 0 Å². The topological polar surface area (TPSA) is 38.1 Å². The highest BCUT2D eigenvalue weighted by Crippen LogP contribution is 2.11. The Morgan fingerprint density at radius 2 is 2.05 bits per heavy atom. The number of Topliss-reactive ketones (excluding diaryl/α,β-unsaturated/α-hetero) is 1. The molecule has 98 valence electrons. The molecule has 2 aromatic rings. The molecule has 4 heteroatoms. The Kier molecular flexibility index (Phi) is 3.17. The molecule has 1 aromatic heterocycles. The molecule has 0 saturated heterocycles. The number of ketones is 1. The summed E-state index contributed by atoms with van der Waals surface area (Å²) in [7, 11) is 0. The van der Waals surface area contributed by atoms with E-state index < -0.39 is 0 Å². The molecule has 2 heterocycles. The Morgan fingerprint density at radius 3 is 2.84 bits per heavy atom. The van der Waals surface area contributed by atoms with E-state index in [-0.39, 0.29) is 5.78 Å². The Balaban J connectivity index is 1.66. The van der Waals surface area contributed by atoms with Gasteiger partial charge in [-0.2, -0.15) is 0 Å². The van der Waals surface area contributed by atoms with Gasteiger partial charge in [0.15, 0.2) is 5.78 Å². The first-order valence-corrected chi connectivity index (χ1v) is 6.54. The van der Waals surface area contributed by atoms with Crippen LogP contribution in [-0.4, -0.2) is 33.3 Å². The van der Waals surface area contributed by atoms with E-state index in [0.717, 1.165) is 31.0 Å². The van der Waals surface area contributed by atoms with Crippen LogP contribution in [0.1, 0.15) is 21.7 Å². The standard InChI is InChI=1S/C15H17N3O/c1-12-2-4-13(5-3-12)14(19)10-17-8-9-18-7-6-16-15(18)11-17/h2-7H,8-11H2,1H3. The summed E-state index contributed by atoms with van der Waals surface area (Å²) in [5, 5.41) is 0. The van der Waals surface area contributed by atoms with Crippen LogP contribution in [0.5, 0.6) is 0 Å². The zero-order valence-corrected chi connectivity index (χ0v) is 11.0. The zero-order chi connectivity index (χ0) is 13.2. The molecule has 0 unspecified atom stereocenters. The lowest BCUT2D eigenvalue weighted by Gasteiger charge is -2.26. The molecule has 3 rings (SSSR count). The minimum Gasteiger partial charge on any atom is -0.333 e. The number of hydrogen-bond donors (Lipinski definition) is 0. The fraction of sp³-hybridized carbons (Fsp3) is 0.333. The minimum absolute atomic E-state index is 0.181. The molecule has 4 nitrogen and oxygen atoms in total. The van der Waals surface area contributed by atoms with E-state index in [2.05, 4.69) is 14.5 Å². The van der Waals surface area contributed by atoms with E-state index in [0.29, 0.717) is 6.54 Å². The van der Waals surface area contributed by atoms with Crippen molar-refractivity contribution in [2.24, 2.45) is 0 Å². The number of carbonyl (C=O) groups is 1. The van der Waals surface area contributed by atoms with Crippen molar-refractivity contribution in [2.45, 2.75) is 20.0 Å². The van der Waals surface area contributed by atoms with Crippen LogP contribution in [0.25, 0.3) is 0 Å². The van der Waals surface area contributed by atoms with Crippen LogP contribution >= 0.6 is 0 Å². The van der Waals surface area contributed by atoms with Gasteiger partial charge in [0.2, 0.25) is 0 Å². The number of benzene rings is 1. The monoisotopic (exact) mass is 255 g/mol. The van der Waals surface area contributed by atoms with Gasteiger partial charge in [0, 0.05) is 31.0 Å². The highest BCUT2D eigenvalue weighted by molar-refractivity contribution is 5.97. The molecule has 0 radical (unpaired) electrons. The molecule has 0 saturated carbocycles. The third-order valence-corrected chi connectivity index (χ3v) is 3.56. The number of rotatable bonds is 3. The van der Waals surface area contributed by atoms with Gasteiger partial charge in [0.05, 0.1) is 13.1 Å². The van der Waals surface area contributed by atoms with Gasteiger partial charge >= 0.3 is 0 Å². The van der Waals surface area contributed by atoms with Crippen molar-refractivity contribution >= 4 is 5.78 Å². The van der Waals surface area contributed by atoms with Gasteiger partial charge in [-0.3, -0.25) is 9.69 Å². The third kappa shape index (κ3) is 2.58. The average molecular weight is 255 g/mol. The number of hydrogen-bond acceptors (Lipinski definition) is 3. The van der Waals surface area contributed by atoms with Gasteiger partial charge < -0.3 is 4.57 Å². The lowest BCUT2D eigenvalue weighted by molar-refractivity contribution is 0.0908. The van der Waals surface area contributed by atoms with Crippen molar-refractivity contribution in [2.75, 3.05) is 13.1 Å². The van der Waals surface area contributed by atoms with Crippen molar-refractivity contribution in [3.05, 3.63) is 53.6 Å². The lowest BCUT2D eigenvalue weighted by Crippen LogP contribution is -2.37. The average Bonchev–Trinajstić information content (AvgIpc) is 2.87. The number of nitrogens with zero attached hydrogens (tertiary/aromatic N) is 3. The molecule has 0 aliphatic carbocycles. The van der Waals surface area contributed by atoms with E-state index in [1.807, 2.05) is 43.6 Å². The lowest BCUT2D eigenvalue weighted by atomic mass is 10.1.